The summed E-state index contributed by atoms with van der Waals surface area (Å²) in [5.41, 5.74) is 0. The molecular formula is C90H165N5O25. The number of aliphatic hydroxyl groups is 5. The molecule has 1 fully saturated rings. The minimum Gasteiger partial charge on any atom is -0.464 e. The maximum atomic E-state index is 13.5. The molecule has 1 rings (SSSR count). The number of allylic oxidation sites excluding steroid dienone is 5. The molecule has 0 aromatic carbocycles. The average Bonchev–Trinajstić information content (AvgIpc) is 0.886. The Morgan fingerprint density at radius 1 is 0.250 bits per heavy atom. The molecule has 30 nitrogen and oxygen atoms in total. The van der Waals surface area contributed by atoms with Crippen LogP contribution >= 0.6 is 0 Å². The van der Waals surface area contributed by atoms with Gasteiger partial charge in [0.15, 0.2) is 30.5 Å². The quantitative estimate of drug-likeness (QED) is 0.0124. The first-order chi connectivity index (χ1) is 58.7. The van der Waals surface area contributed by atoms with Gasteiger partial charge in [-0.2, -0.15) is 0 Å². The molecule has 0 aromatic heterocycles. The largest absolute Gasteiger partial charge is 0.464 e. The Morgan fingerprint density at radius 3 is 0.667 bits per heavy atom. The van der Waals surface area contributed by atoms with Crippen LogP contribution in [0.1, 0.15) is 227 Å². The summed E-state index contributed by atoms with van der Waals surface area (Å²) in [6, 6.07) is 0. The van der Waals surface area contributed by atoms with Gasteiger partial charge in [-0.3, -0.25) is 24.5 Å². The molecule has 0 aliphatic carbocycles. The summed E-state index contributed by atoms with van der Waals surface area (Å²) >= 11 is 0. The fourth-order valence-electron chi connectivity index (χ4n) is 11.8. The predicted molar refractivity (Wildman–Crippen MR) is 463 cm³/mol. The standard InChI is InChI=1S/C90H165N5O25/c1-6-11-16-21-26-31-56-106-76-111-61-36-41-66-116-86(101)81(96)71-93(53-55-95(74-84(99)89(104)119-69-44-39-64-114-79-109-59-34-29-24-19-14-9-4)75-85(100)90(105)120-70-45-40-65-115-80-110-60-35-30-25-20-15-10-5)52-50-91-46-48-92(49-47-91)51-54-94(72-82(97)87(102)117-67-42-37-62-112-77-107-57-32-27-22-17-12-7-2)73-83(98)88(103)118-68-43-38-63-113-78-108-58-33-28-23-18-13-8-3/h21-30,81-85,96-100H,6-20,31-80H2,1-5H3/b26-21-,27-22-,28-23-,29-24-,30-25-. The van der Waals surface area contributed by atoms with E-state index in [9.17, 15) is 49.5 Å². The number of piperazine rings is 1. The lowest BCUT2D eigenvalue weighted by Gasteiger charge is -2.37. The number of aliphatic hydroxyl groups excluding tert-OH is 5. The lowest BCUT2D eigenvalue weighted by Crippen LogP contribution is -2.52. The van der Waals surface area contributed by atoms with Gasteiger partial charge >= 0.3 is 29.8 Å². The molecule has 1 aliphatic rings. The van der Waals surface area contributed by atoms with Gasteiger partial charge in [0.1, 0.15) is 34.0 Å². The molecule has 1 saturated heterocycles. The van der Waals surface area contributed by atoms with E-state index in [1.807, 2.05) is 4.90 Å². The predicted octanol–water partition coefficient (Wildman–Crippen LogP) is 10.6. The molecule has 0 saturated carbocycles. The van der Waals surface area contributed by atoms with Crippen LogP contribution in [-0.4, -0.2) is 342 Å². The van der Waals surface area contributed by atoms with Crippen LogP contribution in [0.15, 0.2) is 60.8 Å². The van der Waals surface area contributed by atoms with E-state index in [1.54, 1.807) is 9.80 Å². The van der Waals surface area contributed by atoms with Crippen LogP contribution in [-0.2, 0) is 95.0 Å². The van der Waals surface area contributed by atoms with E-state index >= 15 is 0 Å². The third-order valence-corrected chi connectivity index (χ3v) is 19.2. The molecule has 700 valence electrons. The minimum atomic E-state index is -1.69. The SMILES string of the molecule is CCCC/C=C\CCOCOCCCCOC(=O)C(O)CN(CCN1CCN(CCN(CC(O)C(=O)OCCCCOCOCC/C=C\CCCC)CC(O)C(=O)OCCCCOCOCC/C=C\CCCC)CC1)CCN(CC(O)C(=O)OCCCCOCOCC/C=C\CCCC)CC(O)C(=O)OCCCCOCOCC/C=C\CCCC. The topological polar surface area (TPSA) is 341 Å². The third-order valence-electron chi connectivity index (χ3n) is 19.2. The summed E-state index contributed by atoms with van der Waals surface area (Å²) in [7, 11) is 0. The van der Waals surface area contributed by atoms with Crippen molar-refractivity contribution < 1.29 is 121 Å². The smallest absolute Gasteiger partial charge is 0.336 e. The van der Waals surface area contributed by atoms with Crippen molar-refractivity contribution in [3.63, 3.8) is 0 Å². The number of unbranched alkanes of at least 4 members (excludes halogenated alkanes) is 15. The summed E-state index contributed by atoms with van der Waals surface area (Å²) < 4.78 is 83.1. The first kappa shape index (κ1) is 113. The number of nitrogens with zero attached hydrogens (tertiary/aromatic N) is 5. The van der Waals surface area contributed by atoms with Gasteiger partial charge in [0.25, 0.3) is 0 Å². The normalized spacial score (nSPS) is 14.5. The van der Waals surface area contributed by atoms with Crippen molar-refractivity contribution in [2.45, 2.75) is 258 Å². The first-order valence-electron chi connectivity index (χ1n) is 45.6. The number of rotatable bonds is 89. The fraction of sp³-hybridized carbons (Fsp3) is 0.833. The molecule has 0 amide bonds. The second-order valence-electron chi connectivity index (χ2n) is 30.1. The van der Waals surface area contributed by atoms with Crippen molar-refractivity contribution in [2.75, 3.05) is 231 Å². The molecule has 1 heterocycles. The molecule has 120 heavy (non-hydrogen) atoms. The molecule has 0 bridgehead atoms. The maximum absolute atomic E-state index is 13.5. The van der Waals surface area contributed by atoms with Crippen LogP contribution in [0.25, 0.3) is 0 Å². The van der Waals surface area contributed by atoms with E-state index in [-0.39, 0.29) is 119 Å². The fourth-order valence-corrected chi connectivity index (χ4v) is 11.8. The Balaban J connectivity index is 3.24. The molecule has 1 aliphatic heterocycles. The maximum Gasteiger partial charge on any atom is 0.336 e. The first-order valence-corrected chi connectivity index (χ1v) is 45.6. The van der Waals surface area contributed by atoms with E-state index in [1.165, 1.54) is 0 Å². The molecule has 0 spiro atoms. The van der Waals surface area contributed by atoms with Crippen molar-refractivity contribution >= 4 is 29.8 Å². The second kappa shape index (κ2) is 86.4. The highest BCUT2D eigenvalue weighted by molar-refractivity contribution is 5.76. The number of esters is 5. The van der Waals surface area contributed by atoms with Crippen LogP contribution in [0, 0.1) is 0 Å². The molecule has 30 heteroatoms. The Bertz CT molecular complexity index is 2380. The summed E-state index contributed by atoms with van der Waals surface area (Å²) in [4.78, 5) is 76.1. The van der Waals surface area contributed by atoms with Crippen LogP contribution in [0.4, 0.5) is 0 Å². The van der Waals surface area contributed by atoms with Gasteiger partial charge in [-0.05, 0) is 128 Å². The zero-order valence-corrected chi connectivity index (χ0v) is 74.8. The van der Waals surface area contributed by atoms with Crippen molar-refractivity contribution in [1.29, 1.82) is 0 Å². The Kier molecular flexibility index (Phi) is 81.5. The Morgan fingerprint density at radius 2 is 0.433 bits per heavy atom. The minimum absolute atomic E-state index is 0.00645. The number of carbonyl (C=O) groups excluding carboxylic acids is 5. The van der Waals surface area contributed by atoms with Crippen molar-refractivity contribution in [1.82, 2.24) is 24.5 Å². The summed E-state index contributed by atoms with van der Waals surface area (Å²) in [6.07, 6.45) is 39.3. The van der Waals surface area contributed by atoms with Crippen LogP contribution in [0.5, 0.6) is 0 Å². The van der Waals surface area contributed by atoms with Crippen LogP contribution < -0.4 is 0 Å². The average molecular weight is 1720 g/mol. The highest BCUT2D eigenvalue weighted by atomic mass is 16.7. The third kappa shape index (κ3) is 72.5. The van der Waals surface area contributed by atoms with E-state index in [0.29, 0.717) is 176 Å². The zero-order chi connectivity index (χ0) is 87.3. The van der Waals surface area contributed by atoms with E-state index in [0.717, 1.165) is 128 Å². The van der Waals surface area contributed by atoms with Crippen molar-refractivity contribution in [2.24, 2.45) is 0 Å². The summed E-state index contributed by atoms with van der Waals surface area (Å²) in [6.45, 7) is 19.0. The van der Waals surface area contributed by atoms with Crippen LogP contribution in [0.3, 0.4) is 0 Å². The van der Waals surface area contributed by atoms with Gasteiger partial charge in [0.2, 0.25) is 0 Å². The Labute approximate surface area is 721 Å². The lowest BCUT2D eigenvalue weighted by molar-refractivity contribution is -0.158. The molecular weight excluding hydrogens is 1550 g/mol. The van der Waals surface area contributed by atoms with Crippen molar-refractivity contribution in [3.05, 3.63) is 60.8 Å². The van der Waals surface area contributed by atoms with E-state index < -0.39 is 60.4 Å². The van der Waals surface area contributed by atoms with Gasteiger partial charge in [0, 0.05) is 131 Å². The monoisotopic (exact) mass is 1720 g/mol. The van der Waals surface area contributed by atoms with Gasteiger partial charge in [0.05, 0.1) is 66.1 Å². The van der Waals surface area contributed by atoms with Gasteiger partial charge < -0.3 is 96.6 Å². The summed E-state index contributed by atoms with van der Waals surface area (Å²) in [5, 5.41) is 56.6. The zero-order valence-electron chi connectivity index (χ0n) is 74.8. The number of hydrogen-bond donors (Lipinski definition) is 5. The highest BCUT2D eigenvalue weighted by Gasteiger charge is 2.30. The van der Waals surface area contributed by atoms with E-state index in [2.05, 4.69) is 105 Å². The highest BCUT2D eigenvalue weighted by Crippen LogP contribution is 2.12. The number of ether oxygens (including phenoxy) is 15. The van der Waals surface area contributed by atoms with Gasteiger partial charge in [-0.15, -0.1) is 0 Å². The number of carbonyl (C=O) groups is 5. The molecule has 5 N–H and O–H groups in total. The van der Waals surface area contributed by atoms with Gasteiger partial charge in [-0.25, -0.2) is 24.0 Å². The number of hydrogen-bond acceptors (Lipinski definition) is 30. The molecule has 5 atom stereocenters. The molecule has 5 unspecified atom stereocenters. The Hall–Kier alpha value is -4.75. The van der Waals surface area contributed by atoms with E-state index in [4.69, 9.17) is 71.1 Å². The molecule has 0 radical (unpaired) electrons. The molecule has 0 aromatic rings. The summed E-state index contributed by atoms with van der Waals surface area (Å²) in [5.74, 6) is -4.30. The second-order valence-corrected chi connectivity index (χ2v) is 30.1. The van der Waals surface area contributed by atoms with Crippen LogP contribution in [0.2, 0.25) is 0 Å². The van der Waals surface area contributed by atoms with Gasteiger partial charge in [-0.1, -0.05) is 160 Å². The lowest BCUT2D eigenvalue weighted by atomic mass is 10.2. The van der Waals surface area contributed by atoms with Crippen molar-refractivity contribution in [3.8, 4) is 0 Å².